The lowest BCUT2D eigenvalue weighted by molar-refractivity contribution is -0.847. The molecule has 2 atom stereocenters. The van der Waals surface area contributed by atoms with E-state index in [9.17, 15) is 10.1 Å². The maximum Gasteiger partial charge on any atom is 0.108 e. The van der Waals surface area contributed by atoms with Crippen LogP contribution in [0.25, 0.3) is 0 Å². The molecule has 1 aliphatic rings. The van der Waals surface area contributed by atoms with Gasteiger partial charge >= 0.3 is 0 Å². The summed E-state index contributed by atoms with van der Waals surface area (Å²) in [6, 6.07) is -0.0588. The molecule has 11 heavy (non-hydrogen) atoms. The summed E-state index contributed by atoms with van der Waals surface area (Å²) < 4.78 is 0. The molecule has 1 rings (SSSR count). The average molecular weight is 156 g/mol. The monoisotopic (exact) mass is 156 g/mol. The van der Waals surface area contributed by atoms with Gasteiger partial charge in [-0.15, -0.1) is 4.91 Å². The molecule has 0 saturated carbocycles. The quantitative estimate of drug-likeness (QED) is 0.458. The summed E-state index contributed by atoms with van der Waals surface area (Å²) in [5, 5.41) is 13.8. The molecule has 0 heterocycles. The highest BCUT2D eigenvalue weighted by Crippen LogP contribution is 2.16. The molecule has 0 aromatic carbocycles. The van der Waals surface area contributed by atoms with E-state index in [4.69, 9.17) is 0 Å². The van der Waals surface area contributed by atoms with Crippen LogP contribution in [0.1, 0.15) is 19.3 Å². The molecule has 0 aromatic heterocycles. The summed E-state index contributed by atoms with van der Waals surface area (Å²) in [7, 11) is 1.55. The zero-order valence-electron chi connectivity index (χ0n) is 6.54. The van der Waals surface area contributed by atoms with Crippen molar-refractivity contribution in [3.63, 3.8) is 0 Å². The van der Waals surface area contributed by atoms with Gasteiger partial charge in [-0.1, -0.05) is 0 Å². The minimum atomic E-state index is -0.0588. The number of likely N-dealkylation sites (N-methyl/N-ethyl adjacent to an activating group) is 1. The molecule has 0 saturated heterocycles. The molecule has 2 unspecified atom stereocenters. The lowest BCUT2D eigenvalue weighted by Gasteiger charge is -2.27. The van der Waals surface area contributed by atoms with Crippen LogP contribution in [0, 0.1) is 10.1 Å². The molecule has 0 amide bonds. The number of nitrogens with one attached hydrogen (secondary N) is 1. The van der Waals surface area contributed by atoms with Crippen molar-refractivity contribution in [1.82, 2.24) is 0 Å². The Labute approximate surface area is 65.4 Å². The summed E-state index contributed by atoms with van der Waals surface area (Å²) in [4.78, 5) is 10.1. The maximum absolute atomic E-state index is 10.9. The van der Waals surface area contributed by atoms with Crippen LogP contribution in [0.5, 0.6) is 0 Å². The minimum absolute atomic E-state index is 0.0588. The Kier molecular flexibility index (Phi) is 2.73. The molecular weight excluding hydrogens is 144 g/mol. The molecule has 4 nitrogen and oxygen atoms in total. The van der Waals surface area contributed by atoms with Crippen molar-refractivity contribution < 1.29 is 5.06 Å². The second-order valence-electron chi connectivity index (χ2n) is 2.86. The Morgan fingerprint density at radius 3 is 3.09 bits per heavy atom. The fraction of sp³-hybridized carbons (Fsp3) is 0.714. The van der Waals surface area contributed by atoms with Crippen molar-refractivity contribution in [2.75, 3.05) is 7.05 Å². The van der Waals surface area contributed by atoms with Crippen molar-refractivity contribution >= 4 is 0 Å². The zero-order valence-corrected chi connectivity index (χ0v) is 6.54. The first-order valence-corrected chi connectivity index (χ1v) is 3.78. The number of nitroso groups, excluding NO2 is 1. The van der Waals surface area contributed by atoms with E-state index in [1.165, 1.54) is 0 Å². The van der Waals surface area contributed by atoms with E-state index in [0.29, 0.717) is 5.70 Å². The van der Waals surface area contributed by atoms with Crippen LogP contribution in [0.4, 0.5) is 0 Å². The normalized spacial score (nSPS) is 27.5. The summed E-state index contributed by atoms with van der Waals surface area (Å²) in [5.41, 5.74) is 0.538. The molecule has 62 valence electrons. The largest absolute Gasteiger partial charge is 0.634 e. The van der Waals surface area contributed by atoms with Gasteiger partial charge < -0.3 is 10.3 Å². The number of nitrogens with zero attached hydrogens (tertiary/aromatic N) is 1. The van der Waals surface area contributed by atoms with Gasteiger partial charge in [0, 0.05) is 6.42 Å². The van der Waals surface area contributed by atoms with Crippen molar-refractivity contribution in [3.05, 3.63) is 21.9 Å². The molecule has 0 fully saturated rings. The van der Waals surface area contributed by atoms with Gasteiger partial charge in [0.15, 0.2) is 0 Å². The lowest BCUT2D eigenvalue weighted by Crippen LogP contribution is -3.08. The maximum atomic E-state index is 10.9. The predicted octanol–water partition coefficient (Wildman–Crippen LogP) is 0.202. The Balaban J connectivity index is 2.62. The third-order valence-corrected chi connectivity index (χ3v) is 1.98. The third kappa shape index (κ3) is 2.10. The Bertz CT molecular complexity index is 177. The molecule has 0 aliphatic heterocycles. The van der Waals surface area contributed by atoms with Crippen molar-refractivity contribution in [2.24, 2.45) is 5.18 Å². The fourth-order valence-corrected chi connectivity index (χ4v) is 1.30. The molecule has 0 aromatic rings. The van der Waals surface area contributed by atoms with E-state index in [2.05, 4.69) is 5.18 Å². The van der Waals surface area contributed by atoms with E-state index in [1.807, 2.05) is 0 Å². The minimum Gasteiger partial charge on any atom is -0.634 e. The molecule has 4 heteroatoms. The summed E-state index contributed by atoms with van der Waals surface area (Å²) in [6.07, 6.45) is 4.20. The number of hydrogen-bond donors (Lipinski definition) is 1. The molecular formula is C7H12N2O2. The van der Waals surface area contributed by atoms with Crippen LogP contribution in [-0.4, -0.2) is 13.1 Å². The molecule has 0 radical (unpaired) electrons. The first-order chi connectivity index (χ1) is 5.24. The van der Waals surface area contributed by atoms with E-state index in [0.717, 1.165) is 19.3 Å². The van der Waals surface area contributed by atoms with Crippen LogP contribution >= 0.6 is 0 Å². The molecule has 0 spiro atoms. The summed E-state index contributed by atoms with van der Waals surface area (Å²) in [5.74, 6) is 0. The van der Waals surface area contributed by atoms with Gasteiger partial charge in [0.05, 0.1) is 12.7 Å². The van der Waals surface area contributed by atoms with Crippen LogP contribution in [0.3, 0.4) is 0 Å². The second-order valence-corrected chi connectivity index (χ2v) is 2.86. The highest BCUT2D eigenvalue weighted by Gasteiger charge is 2.16. The van der Waals surface area contributed by atoms with Gasteiger partial charge in [0.1, 0.15) is 6.04 Å². The van der Waals surface area contributed by atoms with Crippen LogP contribution < -0.4 is 5.06 Å². The van der Waals surface area contributed by atoms with Crippen LogP contribution in [-0.2, 0) is 0 Å². The van der Waals surface area contributed by atoms with Crippen molar-refractivity contribution in [1.29, 1.82) is 0 Å². The van der Waals surface area contributed by atoms with E-state index in [1.54, 1.807) is 13.1 Å². The highest BCUT2D eigenvalue weighted by molar-refractivity contribution is 5.06. The van der Waals surface area contributed by atoms with Crippen molar-refractivity contribution in [3.8, 4) is 0 Å². The third-order valence-electron chi connectivity index (χ3n) is 1.98. The molecule has 1 aliphatic carbocycles. The number of allylic oxidation sites excluding steroid dienone is 1. The SMILES string of the molecule is C[NH+]([O-])C1C=C(N=O)CCC1. The smallest absolute Gasteiger partial charge is 0.108 e. The Morgan fingerprint density at radius 2 is 2.55 bits per heavy atom. The van der Waals surface area contributed by atoms with Gasteiger partial charge in [-0.3, -0.25) is 0 Å². The summed E-state index contributed by atoms with van der Waals surface area (Å²) in [6.45, 7) is 0. The average Bonchev–Trinajstić information content (AvgIpc) is 2.05. The number of hydroxylamine groups is 2. The highest BCUT2D eigenvalue weighted by atomic mass is 16.5. The predicted molar refractivity (Wildman–Crippen MR) is 41.8 cm³/mol. The number of quaternary nitrogens is 1. The van der Waals surface area contributed by atoms with Crippen LogP contribution in [0.2, 0.25) is 0 Å². The van der Waals surface area contributed by atoms with E-state index >= 15 is 0 Å². The second kappa shape index (κ2) is 3.59. The number of rotatable bonds is 2. The summed E-state index contributed by atoms with van der Waals surface area (Å²) >= 11 is 0. The topological polar surface area (TPSA) is 56.9 Å². The fourth-order valence-electron chi connectivity index (χ4n) is 1.30. The molecule has 0 bridgehead atoms. The van der Waals surface area contributed by atoms with Gasteiger partial charge in [-0.2, -0.15) is 0 Å². The van der Waals surface area contributed by atoms with Crippen LogP contribution in [0.15, 0.2) is 16.9 Å². The Hall–Kier alpha value is -0.740. The first-order valence-electron chi connectivity index (χ1n) is 3.78. The van der Waals surface area contributed by atoms with Gasteiger partial charge in [-0.25, -0.2) is 0 Å². The van der Waals surface area contributed by atoms with Gasteiger partial charge in [-0.05, 0) is 24.1 Å². The first kappa shape index (κ1) is 8.36. The van der Waals surface area contributed by atoms with Gasteiger partial charge in [0.25, 0.3) is 0 Å². The lowest BCUT2D eigenvalue weighted by atomic mass is 10.0. The zero-order chi connectivity index (χ0) is 8.27. The number of hydrogen-bond acceptors (Lipinski definition) is 3. The van der Waals surface area contributed by atoms with Gasteiger partial charge in [0.2, 0.25) is 0 Å². The Morgan fingerprint density at radius 1 is 1.82 bits per heavy atom. The van der Waals surface area contributed by atoms with E-state index in [-0.39, 0.29) is 11.1 Å². The molecule has 1 N–H and O–H groups in total. The van der Waals surface area contributed by atoms with Crippen molar-refractivity contribution in [2.45, 2.75) is 25.3 Å². The van der Waals surface area contributed by atoms with E-state index < -0.39 is 0 Å². The standard InChI is InChI=1S/C7H12N2O2/c1-9(11)7-4-2-3-6(5-7)8-10/h5,7,9H,2-4H2,1H3.